The molecule has 0 atom stereocenters. The van der Waals surface area contributed by atoms with Crippen LogP contribution < -0.4 is 15.6 Å². The molecule has 8 nitrogen and oxygen atoms in total. The molecular weight excluding hydrogens is 390 g/mol. The Morgan fingerprint density at radius 2 is 2.03 bits per heavy atom. The minimum atomic E-state index is -3.46. The van der Waals surface area contributed by atoms with E-state index in [2.05, 4.69) is 10.0 Å². The van der Waals surface area contributed by atoms with Crippen molar-refractivity contribution in [2.75, 3.05) is 16.3 Å². The van der Waals surface area contributed by atoms with Gasteiger partial charge >= 0.3 is 0 Å². The number of rotatable bonds is 8. The van der Waals surface area contributed by atoms with E-state index in [0.29, 0.717) is 29.3 Å². The molecule has 0 bridgehead atoms. The van der Waals surface area contributed by atoms with Gasteiger partial charge in [-0.1, -0.05) is 6.07 Å². The summed E-state index contributed by atoms with van der Waals surface area (Å²) < 4.78 is 26.8. The number of nitrogens with zero attached hydrogens (tertiary/aromatic N) is 2. The molecule has 0 radical (unpaired) electrons. The van der Waals surface area contributed by atoms with E-state index < -0.39 is 10.0 Å². The topological polar surface area (TPSA) is 128 Å². The summed E-state index contributed by atoms with van der Waals surface area (Å²) in [4.78, 5) is 12.0. The monoisotopic (exact) mass is 411 g/mol. The number of hydrogen-bond donors (Lipinski definition) is 3. The number of sulfonamides is 1. The maximum atomic E-state index is 12.0. The predicted octanol–water partition coefficient (Wildman–Crippen LogP) is 2.60. The van der Waals surface area contributed by atoms with Gasteiger partial charge in [-0.2, -0.15) is 5.26 Å². The second-order valence-corrected chi connectivity index (χ2v) is 8.73. The highest BCUT2D eigenvalue weighted by atomic mass is 32.2. The van der Waals surface area contributed by atoms with Crippen molar-refractivity contribution in [2.24, 2.45) is 5.92 Å². The van der Waals surface area contributed by atoms with Crippen LogP contribution in [0.5, 0.6) is 0 Å². The molecule has 1 aliphatic rings. The average Bonchev–Trinajstić information content (AvgIpc) is 3.48. The summed E-state index contributed by atoms with van der Waals surface area (Å²) in [7, 11) is -3.46. The summed E-state index contributed by atoms with van der Waals surface area (Å²) in [5.74, 6) is 0.563. The number of hydrogen-bond acceptors (Lipinski definition) is 6. The molecule has 1 heterocycles. The van der Waals surface area contributed by atoms with Gasteiger partial charge in [0.2, 0.25) is 10.0 Å². The third-order valence-corrected chi connectivity index (χ3v) is 5.05. The van der Waals surface area contributed by atoms with Crippen molar-refractivity contribution in [3.8, 4) is 6.07 Å². The molecule has 2 aromatic rings. The maximum Gasteiger partial charge on any atom is 0.250 e. The van der Waals surface area contributed by atoms with E-state index in [1.54, 1.807) is 29.1 Å². The Hall–Kier alpha value is -3.38. The zero-order chi connectivity index (χ0) is 21.0. The Balaban J connectivity index is 1.85. The van der Waals surface area contributed by atoms with Crippen LogP contribution in [0.3, 0.4) is 0 Å². The Morgan fingerprint density at radius 3 is 2.66 bits per heavy atom. The molecule has 1 aromatic heterocycles. The number of nitriles is 1. The maximum absolute atomic E-state index is 12.0. The second kappa shape index (κ2) is 8.32. The van der Waals surface area contributed by atoms with Crippen molar-refractivity contribution in [1.82, 2.24) is 4.57 Å². The van der Waals surface area contributed by atoms with E-state index in [1.807, 2.05) is 6.07 Å². The van der Waals surface area contributed by atoms with Crippen LogP contribution >= 0.6 is 0 Å². The molecule has 0 spiro atoms. The average molecular weight is 411 g/mol. The lowest BCUT2D eigenvalue weighted by molar-refractivity contribution is 0.607. The van der Waals surface area contributed by atoms with Crippen molar-refractivity contribution >= 4 is 33.2 Å². The molecule has 1 aromatic carbocycles. The first kappa shape index (κ1) is 20.4. The van der Waals surface area contributed by atoms with Gasteiger partial charge < -0.3 is 15.3 Å². The van der Waals surface area contributed by atoms with Crippen molar-refractivity contribution in [3.63, 3.8) is 0 Å². The van der Waals surface area contributed by atoms with Gasteiger partial charge in [-0.05, 0) is 37.0 Å². The number of benzene rings is 1. The van der Waals surface area contributed by atoms with Gasteiger partial charge in [0, 0.05) is 48.0 Å². The Labute approximate surface area is 169 Å². The molecule has 0 aliphatic heterocycles. The van der Waals surface area contributed by atoms with E-state index in [0.717, 1.165) is 25.3 Å². The molecule has 1 fully saturated rings. The molecule has 29 heavy (non-hydrogen) atoms. The van der Waals surface area contributed by atoms with Crippen molar-refractivity contribution < 1.29 is 8.42 Å². The molecule has 150 valence electrons. The van der Waals surface area contributed by atoms with Crippen LogP contribution in [-0.2, 0) is 16.6 Å². The zero-order valence-electron chi connectivity index (χ0n) is 15.8. The van der Waals surface area contributed by atoms with Gasteiger partial charge in [-0.15, -0.1) is 0 Å². The first-order valence-corrected chi connectivity index (χ1v) is 10.9. The van der Waals surface area contributed by atoms with Gasteiger partial charge in [0.1, 0.15) is 0 Å². The fourth-order valence-electron chi connectivity index (χ4n) is 2.86. The molecule has 0 unspecified atom stereocenters. The Morgan fingerprint density at radius 1 is 1.31 bits per heavy atom. The van der Waals surface area contributed by atoms with Gasteiger partial charge in [0.05, 0.1) is 23.6 Å². The van der Waals surface area contributed by atoms with Crippen molar-refractivity contribution in [2.45, 2.75) is 19.4 Å². The minimum Gasteiger partial charge on any atom is -0.360 e. The fourth-order valence-corrected chi connectivity index (χ4v) is 3.42. The summed E-state index contributed by atoms with van der Waals surface area (Å²) in [5.41, 5.74) is 2.07. The highest BCUT2D eigenvalue weighted by Crippen LogP contribution is 2.30. The summed E-state index contributed by atoms with van der Waals surface area (Å²) in [6.07, 6.45) is 7.73. The fraction of sp³-hybridized carbons (Fsp3) is 0.250. The van der Waals surface area contributed by atoms with Gasteiger partial charge in [0.15, 0.2) is 0 Å². The van der Waals surface area contributed by atoms with Crippen LogP contribution in [0, 0.1) is 22.7 Å². The van der Waals surface area contributed by atoms with Crippen molar-refractivity contribution in [1.29, 1.82) is 10.7 Å². The molecule has 3 N–H and O–H groups in total. The number of allylic oxidation sites excluding steroid dienone is 1. The number of anilines is 2. The van der Waals surface area contributed by atoms with Crippen LogP contribution in [-0.4, -0.2) is 25.5 Å². The number of pyridine rings is 1. The lowest BCUT2D eigenvalue weighted by Gasteiger charge is -2.10. The lowest BCUT2D eigenvalue weighted by Crippen LogP contribution is -2.19. The van der Waals surface area contributed by atoms with Crippen LogP contribution in [0.4, 0.5) is 11.4 Å². The summed E-state index contributed by atoms with van der Waals surface area (Å²) in [5, 5.41) is 20.2. The highest BCUT2D eigenvalue weighted by Gasteiger charge is 2.22. The first-order chi connectivity index (χ1) is 13.8. The molecule has 3 rings (SSSR count). The van der Waals surface area contributed by atoms with E-state index in [9.17, 15) is 18.5 Å². The molecular formula is C20H21N5O3S. The van der Waals surface area contributed by atoms with Gasteiger partial charge in [-0.25, -0.2) is 8.42 Å². The van der Waals surface area contributed by atoms with E-state index >= 15 is 0 Å². The van der Waals surface area contributed by atoms with Crippen LogP contribution in [0.25, 0.3) is 5.57 Å². The van der Waals surface area contributed by atoms with Crippen molar-refractivity contribution in [3.05, 3.63) is 64.2 Å². The number of nitrogens with one attached hydrogen (secondary N) is 3. The van der Waals surface area contributed by atoms with E-state index in [4.69, 9.17) is 5.41 Å². The smallest absolute Gasteiger partial charge is 0.250 e. The molecule has 0 saturated heterocycles. The summed E-state index contributed by atoms with van der Waals surface area (Å²) in [6, 6.07) is 9.72. The predicted molar refractivity (Wildman–Crippen MR) is 113 cm³/mol. The van der Waals surface area contributed by atoms with E-state index in [-0.39, 0.29) is 16.8 Å². The molecule has 1 aliphatic carbocycles. The Kier molecular flexibility index (Phi) is 5.84. The largest absolute Gasteiger partial charge is 0.360 e. The normalized spacial score (nSPS) is 14.1. The van der Waals surface area contributed by atoms with Crippen LogP contribution in [0.2, 0.25) is 0 Å². The molecule has 9 heteroatoms. The van der Waals surface area contributed by atoms with Gasteiger partial charge in [-0.3, -0.25) is 9.52 Å². The Bertz CT molecular complexity index is 1170. The highest BCUT2D eigenvalue weighted by molar-refractivity contribution is 7.92. The minimum absolute atomic E-state index is 0.0561. The number of aromatic nitrogens is 1. The van der Waals surface area contributed by atoms with E-state index in [1.165, 1.54) is 18.2 Å². The quantitative estimate of drug-likeness (QED) is 0.575. The zero-order valence-corrected chi connectivity index (χ0v) is 16.7. The summed E-state index contributed by atoms with van der Waals surface area (Å²) in [6.45, 7) is 0.697. The standard InChI is InChI=1S/C20H21N5O3S/c1-29(27,28)24-17-4-6-19(15(8-17)9-21)16(10-22)11-23-18-5-7-20(26)25(13-18)12-14-2-3-14/h4-8,10-11,13-14,22-24H,2-3,12H2,1H3/b16-11+,22-10?. The van der Waals surface area contributed by atoms with Gasteiger partial charge in [0.25, 0.3) is 5.56 Å². The third-order valence-electron chi connectivity index (χ3n) is 4.44. The first-order valence-electron chi connectivity index (χ1n) is 8.99. The summed E-state index contributed by atoms with van der Waals surface area (Å²) >= 11 is 0. The SMILES string of the molecule is CS(=O)(=O)Nc1ccc(/C(C=N)=C/Nc2ccc(=O)n(CC3CC3)c2)c(C#N)c1. The molecule has 0 amide bonds. The third kappa shape index (κ3) is 5.56. The van der Waals surface area contributed by atoms with Crippen LogP contribution in [0.1, 0.15) is 24.0 Å². The second-order valence-electron chi connectivity index (χ2n) is 6.99. The molecule has 1 saturated carbocycles. The van der Waals surface area contributed by atoms with Crippen LogP contribution in [0.15, 0.2) is 47.5 Å². The lowest BCUT2D eigenvalue weighted by atomic mass is 10.0.